The van der Waals surface area contributed by atoms with Gasteiger partial charge < -0.3 is 10.4 Å². The van der Waals surface area contributed by atoms with Crippen LogP contribution in [-0.4, -0.2) is 33.4 Å². The van der Waals surface area contributed by atoms with Crippen LogP contribution < -0.4 is 5.32 Å². The van der Waals surface area contributed by atoms with Crippen molar-refractivity contribution in [3.05, 3.63) is 48.0 Å². The quantitative estimate of drug-likeness (QED) is 0.854. The third-order valence-electron chi connectivity index (χ3n) is 3.07. The van der Waals surface area contributed by atoms with Crippen molar-refractivity contribution in [3.63, 3.8) is 0 Å². The molecule has 0 aliphatic carbocycles. The van der Waals surface area contributed by atoms with E-state index >= 15 is 0 Å². The number of aliphatic hydroxyl groups is 1. The molecule has 5 nitrogen and oxygen atoms in total. The van der Waals surface area contributed by atoms with Gasteiger partial charge in [0.25, 0.3) is 5.91 Å². The van der Waals surface area contributed by atoms with Gasteiger partial charge in [-0.15, -0.1) is 0 Å². The SMILES string of the molecule is CC(CCCO)NC(=O)c1ccn(-c2cccc(F)c2)n1. The molecule has 0 radical (unpaired) electrons. The van der Waals surface area contributed by atoms with Crippen LogP contribution in [0.2, 0.25) is 0 Å². The van der Waals surface area contributed by atoms with Gasteiger partial charge >= 0.3 is 0 Å². The average molecular weight is 291 g/mol. The predicted molar refractivity (Wildman–Crippen MR) is 76.8 cm³/mol. The molecule has 0 spiro atoms. The molecule has 2 aromatic rings. The zero-order chi connectivity index (χ0) is 15.2. The van der Waals surface area contributed by atoms with E-state index in [2.05, 4.69) is 10.4 Å². The predicted octanol–water partition coefficient (Wildman–Crippen LogP) is 1.90. The van der Waals surface area contributed by atoms with Gasteiger partial charge in [-0.3, -0.25) is 4.79 Å². The number of halogens is 1. The molecule has 1 unspecified atom stereocenters. The number of hydrogen-bond donors (Lipinski definition) is 2. The van der Waals surface area contributed by atoms with Gasteiger partial charge in [0.2, 0.25) is 0 Å². The lowest BCUT2D eigenvalue weighted by molar-refractivity contribution is 0.0931. The number of nitrogens with one attached hydrogen (secondary N) is 1. The molecule has 1 amide bonds. The fourth-order valence-electron chi connectivity index (χ4n) is 1.97. The molecule has 1 aromatic carbocycles. The number of carbonyl (C=O) groups excluding carboxylic acids is 1. The molecule has 1 atom stereocenters. The molecule has 6 heteroatoms. The monoisotopic (exact) mass is 291 g/mol. The second-order valence-corrected chi connectivity index (χ2v) is 4.87. The molecule has 112 valence electrons. The average Bonchev–Trinajstić information content (AvgIpc) is 2.95. The van der Waals surface area contributed by atoms with Crippen LogP contribution in [0.25, 0.3) is 5.69 Å². The number of aromatic nitrogens is 2. The summed E-state index contributed by atoms with van der Waals surface area (Å²) in [6.07, 6.45) is 2.95. The lowest BCUT2D eigenvalue weighted by atomic mass is 10.2. The van der Waals surface area contributed by atoms with Crippen molar-refractivity contribution >= 4 is 5.91 Å². The van der Waals surface area contributed by atoms with E-state index in [4.69, 9.17) is 5.11 Å². The topological polar surface area (TPSA) is 67.2 Å². The molecule has 21 heavy (non-hydrogen) atoms. The molecule has 0 bridgehead atoms. The van der Waals surface area contributed by atoms with Gasteiger partial charge in [0.15, 0.2) is 5.69 Å². The molecule has 2 rings (SSSR count). The summed E-state index contributed by atoms with van der Waals surface area (Å²) in [5, 5.41) is 15.7. The Bertz CT molecular complexity index is 612. The van der Waals surface area contributed by atoms with E-state index in [0.29, 0.717) is 18.5 Å². The van der Waals surface area contributed by atoms with Crippen LogP contribution >= 0.6 is 0 Å². The fraction of sp³-hybridized carbons (Fsp3) is 0.333. The molecule has 1 heterocycles. The standard InChI is InChI=1S/C15H18FN3O2/c1-11(4-3-9-20)17-15(21)14-7-8-19(18-14)13-6-2-5-12(16)10-13/h2,5-8,10-11,20H,3-4,9H2,1H3,(H,17,21). The van der Waals surface area contributed by atoms with Crippen molar-refractivity contribution in [2.75, 3.05) is 6.61 Å². The van der Waals surface area contributed by atoms with Crippen LogP contribution in [0.4, 0.5) is 4.39 Å². The second-order valence-electron chi connectivity index (χ2n) is 4.87. The Hall–Kier alpha value is -2.21. The van der Waals surface area contributed by atoms with Crippen LogP contribution in [0.15, 0.2) is 36.5 Å². The highest BCUT2D eigenvalue weighted by Gasteiger charge is 2.13. The molecule has 1 aromatic heterocycles. The van der Waals surface area contributed by atoms with Gasteiger partial charge in [0, 0.05) is 18.8 Å². The molecule has 0 fully saturated rings. The fourth-order valence-corrected chi connectivity index (χ4v) is 1.97. The van der Waals surface area contributed by atoms with Gasteiger partial charge in [-0.1, -0.05) is 6.07 Å². The third-order valence-corrected chi connectivity index (χ3v) is 3.07. The lowest BCUT2D eigenvalue weighted by Crippen LogP contribution is -2.33. The zero-order valence-electron chi connectivity index (χ0n) is 11.8. The summed E-state index contributed by atoms with van der Waals surface area (Å²) in [5.41, 5.74) is 0.831. The highest BCUT2D eigenvalue weighted by atomic mass is 19.1. The van der Waals surface area contributed by atoms with Gasteiger partial charge in [-0.25, -0.2) is 9.07 Å². The maximum absolute atomic E-state index is 13.2. The largest absolute Gasteiger partial charge is 0.396 e. The number of aliphatic hydroxyl groups excluding tert-OH is 1. The first-order valence-electron chi connectivity index (χ1n) is 6.83. The Morgan fingerprint density at radius 1 is 1.48 bits per heavy atom. The van der Waals surface area contributed by atoms with Crippen molar-refractivity contribution in [3.8, 4) is 5.69 Å². The number of amides is 1. The summed E-state index contributed by atoms with van der Waals surface area (Å²) in [4.78, 5) is 12.0. The highest BCUT2D eigenvalue weighted by Crippen LogP contribution is 2.09. The van der Waals surface area contributed by atoms with Crippen molar-refractivity contribution in [2.45, 2.75) is 25.8 Å². The summed E-state index contributed by atoms with van der Waals surface area (Å²) in [5.74, 6) is -0.637. The molecule has 0 saturated carbocycles. The summed E-state index contributed by atoms with van der Waals surface area (Å²) >= 11 is 0. The van der Waals surface area contributed by atoms with E-state index in [1.807, 2.05) is 6.92 Å². The zero-order valence-corrected chi connectivity index (χ0v) is 11.8. The van der Waals surface area contributed by atoms with Gasteiger partial charge in [0.05, 0.1) is 5.69 Å². The molecule has 0 saturated heterocycles. The highest BCUT2D eigenvalue weighted by molar-refractivity contribution is 5.92. The molecular formula is C15H18FN3O2. The summed E-state index contributed by atoms with van der Waals surface area (Å²) in [6.45, 7) is 1.98. The number of carbonyl (C=O) groups is 1. The van der Waals surface area contributed by atoms with Crippen molar-refractivity contribution in [2.24, 2.45) is 0 Å². The summed E-state index contributed by atoms with van der Waals surface area (Å²) in [7, 11) is 0. The first-order chi connectivity index (χ1) is 10.1. The van der Waals surface area contributed by atoms with E-state index in [-0.39, 0.29) is 30.1 Å². The minimum Gasteiger partial charge on any atom is -0.396 e. The van der Waals surface area contributed by atoms with Gasteiger partial charge in [-0.2, -0.15) is 5.10 Å². The van der Waals surface area contributed by atoms with E-state index in [1.165, 1.54) is 16.8 Å². The van der Waals surface area contributed by atoms with Crippen molar-refractivity contribution < 1.29 is 14.3 Å². The normalized spacial score (nSPS) is 12.1. The van der Waals surface area contributed by atoms with E-state index in [1.54, 1.807) is 24.4 Å². The maximum Gasteiger partial charge on any atom is 0.271 e. The van der Waals surface area contributed by atoms with E-state index in [0.717, 1.165) is 0 Å². The van der Waals surface area contributed by atoms with Crippen LogP contribution in [0, 0.1) is 5.82 Å². The van der Waals surface area contributed by atoms with E-state index in [9.17, 15) is 9.18 Å². The van der Waals surface area contributed by atoms with Crippen LogP contribution in [-0.2, 0) is 0 Å². The van der Waals surface area contributed by atoms with Crippen LogP contribution in [0.5, 0.6) is 0 Å². The molecule has 0 aliphatic rings. The maximum atomic E-state index is 13.2. The molecule has 0 aliphatic heterocycles. The Balaban J connectivity index is 2.04. The van der Waals surface area contributed by atoms with Crippen molar-refractivity contribution in [1.29, 1.82) is 0 Å². The first-order valence-corrected chi connectivity index (χ1v) is 6.83. The molecule has 2 N–H and O–H groups in total. The number of rotatable bonds is 6. The third kappa shape index (κ3) is 4.13. The second kappa shape index (κ2) is 6.99. The Morgan fingerprint density at radius 2 is 2.29 bits per heavy atom. The Labute approximate surface area is 122 Å². The number of benzene rings is 1. The van der Waals surface area contributed by atoms with Crippen LogP contribution in [0.3, 0.4) is 0 Å². The molecular weight excluding hydrogens is 273 g/mol. The first kappa shape index (κ1) is 15.2. The Kier molecular flexibility index (Phi) is 5.05. The van der Waals surface area contributed by atoms with Crippen LogP contribution in [0.1, 0.15) is 30.3 Å². The van der Waals surface area contributed by atoms with Crippen molar-refractivity contribution in [1.82, 2.24) is 15.1 Å². The minimum atomic E-state index is -0.355. The van der Waals surface area contributed by atoms with Gasteiger partial charge in [0.1, 0.15) is 5.82 Å². The number of hydrogen-bond acceptors (Lipinski definition) is 3. The minimum absolute atomic E-state index is 0.0380. The number of nitrogens with zero attached hydrogens (tertiary/aromatic N) is 2. The smallest absolute Gasteiger partial charge is 0.271 e. The lowest BCUT2D eigenvalue weighted by Gasteiger charge is -2.11. The van der Waals surface area contributed by atoms with Gasteiger partial charge in [-0.05, 0) is 44.0 Å². The summed E-state index contributed by atoms with van der Waals surface area (Å²) < 4.78 is 14.6. The summed E-state index contributed by atoms with van der Waals surface area (Å²) in [6, 6.07) is 7.54. The Morgan fingerprint density at radius 3 is 3.00 bits per heavy atom. The van der Waals surface area contributed by atoms with E-state index < -0.39 is 0 Å².